The summed E-state index contributed by atoms with van der Waals surface area (Å²) in [6.45, 7) is 4.27. The Balaban J connectivity index is 3.01. The van der Waals surface area contributed by atoms with Gasteiger partial charge in [0.2, 0.25) is 0 Å². The van der Waals surface area contributed by atoms with Crippen LogP contribution >= 0.6 is 0 Å². The zero-order valence-corrected chi connectivity index (χ0v) is 22.0. The summed E-state index contributed by atoms with van der Waals surface area (Å²) in [7, 11) is 0. The Bertz CT molecular complexity index is 335. The fourth-order valence-corrected chi connectivity index (χ4v) is 4.64. The lowest BCUT2D eigenvalue weighted by Gasteiger charge is -2.04. The molecule has 0 fully saturated rings. The van der Waals surface area contributed by atoms with Crippen LogP contribution in [0.15, 0.2) is 0 Å². The van der Waals surface area contributed by atoms with Crippen molar-refractivity contribution in [2.75, 3.05) is 0 Å². The zero-order valence-electron chi connectivity index (χ0n) is 22.0. The second-order valence-corrected chi connectivity index (χ2v) is 10.1. The van der Waals surface area contributed by atoms with Gasteiger partial charge in [0.15, 0.2) is 0 Å². The highest BCUT2D eigenvalue weighted by molar-refractivity contribution is 5.77. The number of unbranched alkanes of at least 4 members (excludes halogenated alkanes) is 24. The Labute approximate surface area is 197 Å². The summed E-state index contributed by atoms with van der Waals surface area (Å²) in [5.41, 5.74) is 0. The lowest BCUT2D eigenvalue weighted by Crippen LogP contribution is -1.94. The van der Waals surface area contributed by atoms with Gasteiger partial charge in [-0.25, -0.2) is 0 Å². The van der Waals surface area contributed by atoms with Crippen molar-refractivity contribution < 1.29 is 4.79 Å². The van der Waals surface area contributed by atoms with E-state index in [1.54, 1.807) is 0 Å². The third-order valence-corrected chi connectivity index (χ3v) is 6.95. The molecule has 0 aromatic rings. The Kier molecular flexibility index (Phi) is 27.4. The first-order valence-corrected chi connectivity index (χ1v) is 14.8. The van der Waals surface area contributed by atoms with Crippen LogP contribution in [0, 0.1) is 0 Å². The first-order valence-electron chi connectivity index (χ1n) is 14.8. The first-order chi connectivity index (χ1) is 15.3. The average Bonchev–Trinajstić information content (AvgIpc) is 2.78. The van der Waals surface area contributed by atoms with Gasteiger partial charge in [0.25, 0.3) is 0 Å². The topological polar surface area (TPSA) is 17.1 Å². The predicted octanol–water partition coefficient (Wildman–Crippen LogP) is 11.1. The van der Waals surface area contributed by atoms with Gasteiger partial charge in [-0.2, -0.15) is 0 Å². The summed E-state index contributed by atoms with van der Waals surface area (Å²) in [6, 6.07) is 0. The molecule has 31 heavy (non-hydrogen) atoms. The molecule has 0 amide bonds. The molecule has 0 spiro atoms. The maximum absolute atomic E-state index is 11.2. The van der Waals surface area contributed by atoms with E-state index in [0.29, 0.717) is 5.78 Å². The highest BCUT2D eigenvalue weighted by Gasteiger charge is 1.98. The standard InChI is InChI=1S/C30H60O/c1-3-5-6-7-8-9-10-11-12-13-14-15-16-17-18-19-20-21-22-23-24-25-26-27-28-29-30(31)4-2/h3-29H2,1-2H3. The Morgan fingerprint density at radius 2 is 0.581 bits per heavy atom. The van der Waals surface area contributed by atoms with Crippen LogP contribution in [0.3, 0.4) is 0 Å². The molecule has 0 bridgehead atoms. The van der Waals surface area contributed by atoms with Crippen LogP contribution in [0.25, 0.3) is 0 Å². The Hall–Kier alpha value is -0.330. The molecule has 0 saturated carbocycles. The van der Waals surface area contributed by atoms with Crippen LogP contribution in [0.5, 0.6) is 0 Å². The Morgan fingerprint density at radius 3 is 0.806 bits per heavy atom. The zero-order chi connectivity index (χ0) is 22.7. The van der Waals surface area contributed by atoms with Gasteiger partial charge in [-0.1, -0.05) is 168 Å². The summed E-state index contributed by atoms with van der Waals surface area (Å²) in [4.78, 5) is 11.2. The summed E-state index contributed by atoms with van der Waals surface area (Å²) in [6.07, 6.45) is 37.2. The summed E-state index contributed by atoms with van der Waals surface area (Å²) < 4.78 is 0. The molecule has 0 aliphatic carbocycles. The molecule has 186 valence electrons. The van der Waals surface area contributed by atoms with Crippen molar-refractivity contribution in [2.45, 2.75) is 187 Å². The predicted molar refractivity (Wildman–Crippen MR) is 141 cm³/mol. The number of ketones is 1. The second kappa shape index (κ2) is 27.7. The van der Waals surface area contributed by atoms with E-state index < -0.39 is 0 Å². The second-order valence-electron chi connectivity index (χ2n) is 10.1. The molecule has 0 aromatic heterocycles. The quantitative estimate of drug-likeness (QED) is 0.117. The molecule has 0 atom stereocenters. The van der Waals surface area contributed by atoms with E-state index in [4.69, 9.17) is 0 Å². The first kappa shape index (κ1) is 30.7. The normalized spacial score (nSPS) is 11.3. The minimum Gasteiger partial charge on any atom is -0.300 e. The van der Waals surface area contributed by atoms with Gasteiger partial charge >= 0.3 is 0 Å². The van der Waals surface area contributed by atoms with Crippen LogP contribution in [-0.4, -0.2) is 5.78 Å². The third-order valence-electron chi connectivity index (χ3n) is 6.95. The number of carbonyl (C=O) groups is 1. The summed E-state index contributed by atoms with van der Waals surface area (Å²) in [5.74, 6) is 0.439. The van der Waals surface area contributed by atoms with Crippen molar-refractivity contribution >= 4 is 5.78 Å². The monoisotopic (exact) mass is 436 g/mol. The maximum atomic E-state index is 11.2. The minimum atomic E-state index is 0.439. The van der Waals surface area contributed by atoms with Crippen molar-refractivity contribution in [2.24, 2.45) is 0 Å². The number of carbonyl (C=O) groups excluding carboxylic acids is 1. The number of Topliss-reactive ketones (excluding diaryl/α,β-unsaturated/α-hetero) is 1. The number of rotatable bonds is 27. The lowest BCUT2D eigenvalue weighted by atomic mass is 10.0. The van der Waals surface area contributed by atoms with E-state index in [2.05, 4.69) is 6.92 Å². The van der Waals surface area contributed by atoms with Crippen molar-refractivity contribution in [3.8, 4) is 0 Å². The number of hydrogen-bond acceptors (Lipinski definition) is 1. The van der Waals surface area contributed by atoms with E-state index >= 15 is 0 Å². The molecule has 1 nitrogen and oxygen atoms in total. The average molecular weight is 437 g/mol. The molecule has 0 N–H and O–H groups in total. The molecule has 0 unspecified atom stereocenters. The third kappa shape index (κ3) is 27.6. The lowest BCUT2D eigenvalue weighted by molar-refractivity contribution is -0.118. The highest BCUT2D eigenvalue weighted by atomic mass is 16.1. The van der Waals surface area contributed by atoms with Crippen LogP contribution < -0.4 is 0 Å². The van der Waals surface area contributed by atoms with Gasteiger partial charge in [0, 0.05) is 12.8 Å². The molecular formula is C30H60O. The van der Waals surface area contributed by atoms with Crippen molar-refractivity contribution in [1.82, 2.24) is 0 Å². The number of hydrogen-bond donors (Lipinski definition) is 0. The summed E-state index contributed by atoms with van der Waals surface area (Å²) in [5, 5.41) is 0. The molecule has 1 heteroatoms. The van der Waals surface area contributed by atoms with Crippen molar-refractivity contribution in [3.63, 3.8) is 0 Å². The SMILES string of the molecule is CCCCCCCCCCCCCCCCCCCCCCCCCCCC(=O)CC. The van der Waals surface area contributed by atoms with E-state index in [-0.39, 0.29) is 0 Å². The van der Waals surface area contributed by atoms with Gasteiger partial charge in [-0.05, 0) is 6.42 Å². The van der Waals surface area contributed by atoms with Gasteiger partial charge in [0.1, 0.15) is 5.78 Å². The molecule has 0 heterocycles. The van der Waals surface area contributed by atoms with Crippen LogP contribution in [0.4, 0.5) is 0 Å². The fraction of sp³-hybridized carbons (Fsp3) is 0.967. The minimum absolute atomic E-state index is 0.439. The van der Waals surface area contributed by atoms with Gasteiger partial charge in [-0.3, -0.25) is 4.79 Å². The van der Waals surface area contributed by atoms with Crippen molar-refractivity contribution in [1.29, 1.82) is 0 Å². The highest BCUT2D eigenvalue weighted by Crippen LogP contribution is 2.16. The van der Waals surface area contributed by atoms with E-state index in [1.807, 2.05) is 6.92 Å². The maximum Gasteiger partial charge on any atom is 0.132 e. The van der Waals surface area contributed by atoms with Crippen molar-refractivity contribution in [3.05, 3.63) is 0 Å². The molecule has 0 aliphatic heterocycles. The van der Waals surface area contributed by atoms with E-state index in [0.717, 1.165) is 19.3 Å². The van der Waals surface area contributed by atoms with E-state index in [1.165, 1.54) is 154 Å². The van der Waals surface area contributed by atoms with Crippen LogP contribution in [-0.2, 0) is 4.79 Å². The van der Waals surface area contributed by atoms with E-state index in [9.17, 15) is 4.79 Å². The van der Waals surface area contributed by atoms with Crippen LogP contribution in [0.1, 0.15) is 187 Å². The fourth-order valence-electron chi connectivity index (χ4n) is 4.64. The molecule has 0 saturated heterocycles. The van der Waals surface area contributed by atoms with Gasteiger partial charge in [0.05, 0.1) is 0 Å². The van der Waals surface area contributed by atoms with Crippen LogP contribution in [0.2, 0.25) is 0 Å². The molecule has 0 aliphatic rings. The molecular weight excluding hydrogens is 376 g/mol. The molecule has 0 rings (SSSR count). The summed E-state index contributed by atoms with van der Waals surface area (Å²) >= 11 is 0. The van der Waals surface area contributed by atoms with Gasteiger partial charge in [-0.15, -0.1) is 0 Å². The smallest absolute Gasteiger partial charge is 0.132 e. The molecule has 0 radical (unpaired) electrons. The van der Waals surface area contributed by atoms with Gasteiger partial charge < -0.3 is 0 Å². The largest absolute Gasteiger partial charge is 0.300 e. The Morgan fingerprint density at radius 1 is 0.355 bits per heavy atom. The molecule has 0 aromatic carbocycles.